The van der Waals surface area contributed by atoms with E-state index >= 15 is 0 Å². The van der Waals surface area contributed by atoms with Crippen LogP contribution in [0.5, 0.6) is 5.75 Å². The molecule has 3 nitrogen and oxygen atoms in total. The Labute approximate surface area is 113 Å². The second kappa shape index (κ2) is 6.76. The molecule has 1 unspecified atom stereocenters. The second-order valence-electron chi connectivity index (χ2n) is 4.64. The molecule has 0 saturated carbocycles. The molecule has 98 valence electrons. The number of rotatable bonds is 5. The molecule has 1 fully saturated rings. The molecule has 4 heteroatoms. The highest BCUT2D eigenvalue weighted by Gasteiger charge is 2.18. The molecule has 0 aromatic heterocycles. The molecule has 1 saturated heterocycles. The minimum atomic E-state index is 0.199. The molecule has 18 heavy (non-hydrogen) atoms. The fraction of sp³-hybridized carbons (Fsp3) is 0.500. The third kappa shape index (κ3) is 4.00. The Hall–Kier alpha value is -1.06. The van der Waals surface area contributed by atoms with Crippen LogP contribution < -0.4 is 4.74 Å². The Bertz CT molecular complexity index is 397. The standard InChI is InChI=1S/C14H18ClNO2/c15-13-4-1-5-14(9-13)18-8-7-16-6-2-3-12(10-16)11-17/h1,4-5,9,11-12H,2-3,6-8,10H2. The van der Waals surface area contributed by atoms with Crippen molar-refractivity contribution in [2.75, 3.05) is 26.2 Å². The van der Waals surface area contributed by atoms with Crippen molar-refractivity contribution in [2.45, 2.75) is 12.8 Å². The number of hydrogen-bond donors (Lipinski definition) is 0. The van der Waals surface area contributed by atoms with Gasteiger partial charge >= 0.3 is 0 Å². The smallest absolute Gasteiger partial charge is 0.124 e. The summed E-state index contributed by atoms with van der Waals surface area (Å²) in [5.41, 5.74) is 0. The lowest BCUT2D eigenvalue weighted by molar-refractivity contribution is -0.112. The van der Waals surface area contributed by atoms with Crippen LogP contribution in [-0.2, 0) is 4.79 Å². The van der Waals surface area contributed by atoms with Gasteiger partial charge in [-0.3, -0.25) is 4.90 Å². The number of piperidine rings is 1. The van der Waals surface area contributed by atoms with E-state index in [1.54, 1.807) is 0 Å². The first-order valence-electron chi connectivity index (χ1n) is 6.34. The molecule has 2 rings (SSSR count). The van der Waals surface area contributed by atoms with Gasteiger partial charge in [-0.1, -0.05) is 17.7 Å². The number of benzene rings is 1. The van der Waals surface area contributed by atoms with E-state index in [-0.39, 0.29) is 5.92 Å². The minimum absolute atomic E-state index is 0.199. The zero-order chi connectivity index (χ0) is 12.8. The van der Waals surface area contributed by atoms with Crippen molar-refractivity contribution in [2.24, 2.45) is 5.92 Å². The van der Waals surface area contributed by atoms with Crippen molar-refractivity contribution in [3.63, 3.8) is 0 Å². The summed E-state index contributed by atoms with van der Waals surface area (Å²) in [4.78, 5) is 13.1. The Kier molecular flexibility index (Phi) is 5.02. The van der Waals surface area contributed by atoms with E-state index in [1.807, 2.05) is 24.3 Å². The number of likely N-dealkylation sites (tertiary alicyclic amines) is 1. The number of nitrogens with zero attached hydrogens (tertiary/aromatic N) is 1. The van der Waals surface area contributed by atoms with Gasteiger partial charge in [0.05, 0.1) is 0 Å². The first kappa shape index (κ1) is 13.4. The monoisotopic (exact) mass is 267 g/mol. The largest absolute Gasteiger partial charge is 0.492 e. The average Bonchev–Trinajstić information content (AvgIpc) is 2.39. The summed E-state index contributed by atoms with van der Waals surface area (Å²) in [6, 6.07) is 7.41. The van der Waals surface area contributed by atoms with Crippen LogP contribution in [0, 0.1) is 5.92 Å². The molecule has 0 spiro atoms. The van der Waals surface area contributed by atoms with Crippen molar-refractivity contribution in [1.82, 2.24) is 4.90 Å². The number of hydrogen-bond acceptors (Lipinski definition) is 3. The summed E-state index contributed by atoms with van der Waals surface area (Å²) in [6.45, 7) is 3.41. The Morgan fingerprint density at radius 1 is 1.50 bits per heavy atom. The van der Waals surface area contributed by atoms with Gasteiger partial charge in [0.1, 0.15) is 18.6 Å². The first-order valence-corrected chi connectivity index (χ1v) is 6.72. The highest BCUT2D eigenvalue weighted by Crippen LogP contribution is 2.17. The van der Waals surface area contributed by atoms with Crippen molar-refractivity contribution in [1.29, 1.82) is 0 Å². The summed E-state index contributed by atoms with van der Waals surface area (Å²) >= 11 is 5.88. The SMILES string of the molecule is O=CC1CCCN(CCOc2cccc(Cl)c2)C1. The maximum atomic E-state index is 10.8. The lowest BCUT2D eigenvalue weighted by Gasteiger charge is -2.29. The van der Waals surface area contributed by atoms with Gasteiger partial charge in [0, 0.05) is 24.0 Å². The maximum absolute atomic E-state index is 10.8. The first-order chi connectivity index (χ1) is 8.78. The molecule has 1 aromatic carbocycles. The van der Waals surface area contributed by atoms with Crippen LogP contribution in [0.15, 0.2) is 24.3 Å². The lowest BCUT2D eigenvalue weighted by Crippen LogP contribution is -2.38. The van der Waals surface area contributed by atoms with Crippen LogP contribution in [-0.4, -0.2) is 37.4 Å². The lowest BCUT2D eigenvalue weighted by atomic mass is 10.00. The number of ether oxygens (including phenoxy) is 1. The van der Waals surface area contributed by atoms with Crippen LogP contribution in [0.4, 0.5) is 0 Å². The van der Waals surface area contributed by atoms with Crippen LogP contribution in [0.1, 0.15) is 12.8 Å². The number of halogens is 1. The maximum Gasteiger partial charge on any atom is 0.124 e. The summed E-state index contributed by atoms with van der Waals surface area (Å²) in [7, 11) is 0. The van der Waals surface area contributed by atoms with E-state index in [9.17, 15) is 4.79 Å². The summed E-state index contributed by atoms with van der Waals surface area (Å²) in [5, 5.41) is 0.687. The van der Waals surface area contributed by atoms with Crippen molar-refractivity contribution in [3.05, 3.63) is 29.3 Å². The molecule has 1 aliphatic rings. The van der Waals surface area contributed by atoms with Crippen LogP contribution in [0.2, 0.25) is 5.02 Å². The van der Waals surface area contributed by atoms with E-state index in [1.165, 1.54) is 0 Å². The summed E-state index contributed by atoms with van der Waals surface area (Å²) < 4.78 is 5.64. The van der Waals surface area contributed by atoms with Gasteiger partial charge in [-0.15, -0.1) is 0 Å². The molecule has 0 amide bonds. The molecule has 0 aliphatic carbocycles. The molecule has 0 N–H and O–H groups in total. The number of aldehydes is 1. The molecular formula is C14H18ClNO2. The highest BCUT2D eigenvalue weighted by molar-refractivity contribution is 6.30. The quantitative estimate of drug-likeness (QED) is 0.768. The summed E-state index contributed by atoms with van der Waals surface area (Å²) in [6.07, 6.45) is 3.19. The summed E-state index contributed by atoms with van der Waals surface area (Å²) in [5.74, 6) is 0.997. The molecular weight excluding hydrogens is 250 g/mol. The van der Waals surface area contributed by atoms with Gasteiger partial charge < -0.3 is 9.53 Å². The van der Waals surface area contributed by atoms with E-state index < -0.39 is 0 Å². The average molecular weight is 268 g/mol. The third-order valence-electron chi connectivity index (χ3n) is 3.21. The van der Waals surface area contributed by atoms with Crippen molar-refractivity contribution >= 4 is 17.9 Å². The second-order valence-corrected chi connectivity index (χ2v) is 5.08. The fourth-order valence-corrected chi connectivity index (χ4v) is 2.44. The van der Waals surface area contributed by atoms with Gasteiger partial charge in [0.15, 0.2) is 0 Å². The van der Waals surface area contributed by atoms with Crippen LogP contribution in [0.3, 0.4) is 0 Å². The molecule has 0 radical (unpaired) electrons. The van der Waals surface area contributed by atoms with Gasteiger partial charge in [0.25, 0.3) is 0 Å². The Morgan fingerprint density at radius 2 is 2.39 bits per heavy atom. The molecule has 1 heterocycles. The molecule has 1 atom stereocenters. The van der Waals surface area contributed by atoms with E-state index in [0.29, 0.717) is 11.6 Å². The normalized spacial score (nSPS) is 20.6. The van der Waals surface area contributed by atoms with Crippen molar-refractivity contribution in [3.8, 4) is 5.75 Å². The molecule has 1 aliphatic heterocycles. The van der Waals surface area contributed by atoms with Gasteiger partial charge in [0.2, 0.25) is 0 Å². The topological polar surface area (TPSA) is 29.5 Å². The van der Waals surface area contributed by atoms with Crippen LogP contribution >= 0.6 is 11.6 Å². The van der Waals surface area contributed by atoms with Crippen molar-refractivity contribution < 1.29 is 9.53 Å². The van der Waals surface area contributed by atoms with E-state index in [4.69, 9.17) is 16.3 Å². The van der Waals surface area contributed by atoms with Gasteiger partial charge in [-0.2, -0.15) is 0 Å². The van der Waals surface area contributed by atoms with Gasteiger partial charge in [-0.25, -0.2) is 0 Å². The van der Waals surface area contributed by atoms with E-state index in [2.05, 4.69) is 4.90 Å². The minimum Gasteiger partial charge on any atom is -0.492 e. The predicted octanol–water partition coefficient (Wildman–Crippen LogP) is 2.63. The Balaban J connectivity index is 1.73. The third-order valence-corrected chi connectivity index (χ3v) is 3.44. The zero-order valence-corrected chi connectivity index (χ0v) is 11.1. The van der Waals surface area contributed by atoms with Gasteiger partial charge in [-0.05, 0) is 37.6 Å². The molecule has 1 aromatic rings. The van der Waals surface area contributed by atoms with E-state index in [0.717, 1.165) is 44.5 Å². The predicted molar refractivity (Wildman–Crippen MR) is 72.2 cm³/mol. The number of carbonyl (C=O) groups excluding carboxylic acids is 1. The van der Waals surface area contributed by atoms with Crippen LogP contribution in [0.25, 0.3) is 0 Å². The number of carbonyl (C=O) groups is 1. The fourth-order valence-electron chi connectivity index (χ4n) is 2.25. The molecule has 0 bridgehead atoms. The highest BCUT2D eigenvalue weighted by atomic mass is 35.5. The zero-order valence-electron chi connectivity index (χ0n) is 10.3. The Morgan fingerprint density at radius 3 is 3.17 bits per heavy atom.